The number of fused-ring (bicyclic) bond motifs is 1. The first kappa shape index (κ1) is 25.4. The molecule has 1 amide bonds. The molecule has 0 aliphatic rings. The third-order valence-corrected chi connectivity index (χ3v) is 6.84. The molecule has 6 heteroatoms. The van der Waals surface area contributed by atoms with Gasteiger partial charge in [-0.1, -0.05) is 119 Å². The van der Waals surface area contributed by atoms with Gasteiger partial charge in [-0.05, 0) is 45.7 Å². The summed E-state index contributed by atoms with van der Waals surface area (Å²) in [6.45, 7) is 0.376. The van der Waals surface area contributed by atoms with Gasteiger partial charge in [0.2, 0.25) is 0 Å². The first-order valence-electron chi connectivity index (χ1n) is 12.1. The first-order valence-corrected chi connectivity index (χ1v) is 12.9. The number of ether oxygens (including phenoxy) is 1. The zero-order valence-corrected chi connectivity index (χ0v) is 22.0. The van der Waals surface area contributed by atoms with E-state index in [1.54, 1.807) is 54.7 Å². The largest absolute Gasteiger partial charge is 0.488 e. The summed E-state index contributed by atoms with van der Waals surface area (Å²) in [6.07, 6.45) is 1.56. The molecule has 5 rings (SSSR count). The van der Waals surface area contributed by atoms with Crippen molar-refractivity contribution in [3.8, 4) is 5.75 Å². The van der Waals surface area contributed by atoms with E-state index in [0.717, 1.165) is 26.4 Å². The fourth-order valence-corrected chi connectivity index (χ4v) is 4.56. The molecule has 5 nitrogen and oxygen atoms in total. The van der Waals surface area contributed by atoms with Crippen LogP contribution in [0, 0.1) is 0 Å². The average molecular weight is 565 g/mol. The van der Waals surface area contributed by atoms with Gasteiger partial charge in [0.05, 0.1) is 6.21 Å². The molecule has 38 heavy (non-hydrogen) atoms. The SMILES string of the molecule is O=C(N/N=C\c1c(OCc2ccc(Br)cc2)ccc2ccccc12)C(O)(c1ccccc1)c1ccccc1. The fraction of sp³-hybridized carbons (Fsp3) is 0.0625. The Morgan fingerprint density at radius 3 is 2.08 bits per heavy atom. The van der Waals surface area contributed by atoms with E-state index >= 15 is 0 Å². The monoisotopic (exact) mass is 564 g/mol. The maximum atomic E-state index is 13.4. The molecule has 188 valence electrons. The molecule has 0 bridgehead atoms. The van der Waals surface area contributed by atoms with Crippen LogP contribution < -0.4 is 10.2 Å². The minimum Gasteiger partial charge on any atom is -0.488 e. The number of hydrogen-bond donors (Lipinski definition) is 2. The lowest BCUT2D eigenvalue weighted by Gasteiger charge is -2.27. The van der Waals surface area contributed by atoms with Gasteiger partial charge in [-0.15, -0.1) is 0 Å². The fourth-order valence-electron chi connectivity index (χ4n) is 4.30. The minimum absolute atomic E-state index is 0.376. The number of benzene rings is 5. The standard InChI is InChI=1S/C32H25BrN2O3/c33-27-18-15-23(16-19-27)22-38-30-20-17-24-9-7-8-14-28(24)29(30)21-34-35-31(36)32(37,25-10-3-1-4-11-25)26-12-5-2-6-13-26/h1-21,37H,22H2,(H,35,36)/b34-21-. The number of halogens is 1. The molecule has 2 N–H and O–H groups in total. The Bertz CT molecular complexity index is 1530. The van der Waals surface area contributed by atoms with Crippen molar-refractivity contribution in [1.82, 2.24) is 5.43 Å². The van der Waals surface area contributed by atoms with E-state index in [1.807, 2.05) is 72.8 Å². The summed E-state index contributed by atoms with van der Waals surface area (Å²) < 4.78 is 7.17. The topological polar surface area (TPSA) is 70.9 Å². The molecule has 0 fully saturated rings. The molecule has 0 unspecified atom stereocenters. The van der Waals surface area contributed by atoms with Crippen LogP contribution in [-0.4, -0.2) is 17.2 Å². The van der Waals surface area contributed by atoms with Crippen LogP contribution in [0.4, 0.5) is 0 Å². The maximum Gasteiger partial charge on any atom is 0.281 e. The van der Waals surface area contributed by atoms with Gasteiger partial charge >= 0.3 is 0 Å². The highest BCUT2D eigenvalue weighted by Gasteiger charge is 2.39. The summed E-state index contributed by atoms with van der Waals surface area (Å²) in [6, 6.07) is 37.4. The van der Waals surface area contributed by atoms with Crippen LogP contribution >= 0.6 is 15.9 Å². The number of nitrogens with zero attached hydrogens (tertiary/aromatic N) is 1. The maximum absolute atomic E-state index is 13.4. The van der Waals surface area contributed by atoms with E-state index in [0.29, 0.717) is 23.5 Å². The molecule has 0 aromatic heterocycles. The number of rotatable bonds is 8. The molecular formula is C32H25BrN2O3. The Morgan fingerprint density at radius 2 is 1.42 bits per heavy atom. The summed E-state index contributed by atoms with van der Waals surface area (Å²) in [5, 5.41) is 17.9. The van der Waals surface area contributed by atoms with Gasteiger partial charge in [-0.25, -0.2) is 5.43 Å². The Morgan fingerprint density at radius 1 is 0.816 bits per heavy atom. The molecule has 0 radical (unpaired) electrons. The van der Waals surface area contributed by atoms with Crippen LogP contribution in [0.1, 0.15) is 22.3 Å². The summed E-state index contributed by atoms with van der Waals surface area (Å²) >= 11 is 3.45. The number of aliphatic hydroxyl groups is 1. The molecule has 0 heterocycles. The van der Waals surface area contributed by atoms with Crippen LogP contribution in [0.15, 0.2) is 131 Å². The van der Waals surface area contributed by atoms with Crippen molar-refractivity contribution in [3.05, 3.63) is 148 Å². The van der Waals surface area contributed by atoms with Gasteiger partial charge in [0, 0.05) is 10.0 Å². The molecule has 0 aliphatic carbocycles. The van der Waals surface area contributed by atoms with Crippen LogP contribution in [0.2, 0.25) is 0 Å². The van der Waals surface area contributed by atoms with Crippen LogP contribution in [0.5, 0.6) is 5.75 Å². The van der Waals surface area contributed by atoms with Crippen molar-refractivity contribution in [3.63, 3.8) is 0 Å². The molecule has 0 atom stereocenters. The first-order chi connectivity index (χ1) is 18.6. The third kappa shape index (κ3) is 5.37. The van der Waals surface area contributed by atoms with E-state index in [4.69, 9.17) is 4.74 Å². The van der Waals surface area contributed by atoms with Crippen molar-refractivity contribution in [2.45, 2.75) is 12.2 Å². The van der Waals surface area contributed by atoms with Gasteiger partial charge in [-0.3, -0.25) is 4.79 Å². The number of amides is 1. The predicted octanol–water partition coefficient (Wildman–Crippen LogP) is 6.57. The second kappa shape index (κ2) is 11.4. The van der Waals surface area contributed by atoms with E-state index in [-0.39, 0.29) is 0 Å². The Balaban J connectivity index is 1.44. The molecule has 0 aliphatic heterocycles. The third-order valence-electron chi connectivity index (χ3n) is 6.31. The second-order valence-corrected chi connectivity index (χ2v) is 9.67. The number of hydrogen-bond acceptors (Lipinski definition) is 4. The predicted molar refractivity (Wildman–Crippen MR) is 154 cm³/mol. The summed E-state index contributed by atoms with van der Waals surface area (Å²) in [5.41, 5.74) is 3.28. The van der Waals surface area contributed by atoms with Crippen molar-refractivity contribution < 1.29 is 14.6 Å². The Kier molecular flexibility index (Phi) is 7.63. The highest BCUT2D eigenvalue weighted by atomic mass is 79.9. The Labute approximate surface area is 229 Å². The quantitative estimate of drug-likeness (QED) is 0.165. The number of carbonyl (C=O) groups is 1. The molecule has 5 aromatic carbocycles. The van der Waals surface area contributed by atoms with Gasteiger partial charge in [-0.2, -0.15) is 5.10 Å². The normalized spacial score (nSPS) is 11.5. The van der Waals surface area contributed by atoms with E-state index in [2.05, 4.69) is 26.5 Å². The zero-order chi connectivity index (χ0) is 26.4. The minimum atomic E-state index is -1.92. The van der Waals surface area contributed by atoms with Crippen molar-refractivity contribution >= 4 is 38.8 Å². The van der Waals surface area contributed by atoms with Gasteiger partial charge in [0.15, 0.2) is 5.60 Å². The highest BCUT2D eigenvalue weighted by Crippen LogP contribution is 2.30. The van der Waals surface area contributed by atoms with Crippen molar-refractivity contribution in [1.29, 1.82) is 0 Å². The number of nitrogens with one attached hydrogen (secondary N) is 1. The molecule has 0 saturated heterocycles. The number of carbonyl (C=O) groups excluding carboxylic acids is 1. The summed E-state index contributed by atoms with van der Waals surface area (Å²) in [5.74, 6) is -0.0327. The molecule has 0 saturated carbocycles. The summed E-state index contributed by atoms with van der Waals surface area (Å²) in [4.78, 5) is 13.4. The zero-order valence-electron chi connectivity index (χ0n) is 20.4. The van der Waals surface area contributed by atoms with Crippen molar-refractivity contribution in [2.24, 2.45) is 5.10 Å². The lowest BCUT2D eigenvalue weighted by molar-refractivity contribution is -0.136. The van der Waals surface area contributed by atoms with E-state index < -0.39 is 11.5 Å². The number of hydrazone groups is 1. The van der Waals surface area contributed by atoms with Crippen LogP contribution in [0.25, 0.3) is 10.8 Å². The van der Waals surface area contributed by atoms with Gasteiger partial charge in [0.25, 0.3) is 5.91 Å². The van der Waals surface area contributed by atoms with Gasteiger partial charge in [0.1, 0.15) is 12.4 Å². The second-order valence-electron chi connectivity index (χ2n) is 8.76. The smallest absolute Gasteiger partial charge is 0.281 e. The average Bonchev–Trinajstić information content (AvgIpc) is 2.97. The van der Waals surface area contributed by atoms with Crippen molar-refractivity contribution in [2.75, 3.05) is 0 Å². The molecular weight excluding hydrogens is 540 g/mol. The lowest BCUT2D eigenvalue weighted by atomic mass is 9.85. The Hall–Kier alpha value is -4.26. The summed E-state index contributed by atoms with van der Waals surface area (Å²) in [7, 11) is 0. The lowest BCUT2D eigenvalue weighted by Crippen LogP contribution is -2.43. The molecule has 5 aromatic rings. The van der Waals surface area contributed by atoms with E-state index in [1.165, 1.54) is 0 Å². The van der Waals surface area contributed by atoms with Gasteiger partial charge < -0.3 is 9.84 Å². The molecule has 0 spiro atoms. The van der Waals surface area contributed by atoms with Crippen LogP contribution in [0.3, 0.4) is 0 Å². The van der Waals surface area contributed by atoms with E-state index in [9.17, 15) is 9.90 Å². The van der Waals surface area contributed by atoms with Crippen LogP contribution in [-0.2, 0) is 17.0 Å². The highest BCUT2D eigenvalue weighted by molar-refractivity contribution is 9.10.